The second-order valence-electron chi connectivity index (χ2n) is 6.86. The maximum Gasteiger partial charge on any atom is 0.337 e. The molecule has 146 valence electrons. The van der Waals surface area contributed by atoms with Gasteiger partial charge in [-0.2, -0.15) is 0 Å². The first-order chi connectivity index (χ1) is 13.3. The zero-order chi connectivity index (χ0) is 20.3. The number of fused-ring (bicyclic) bond motifs is 1. The van der Waals surface area contributed by atoms with Gasteiger partial charge in [0.05, 0.1) is 11.3 Å². The maximum atomic E-state index is 14.8. The third-order valence-electron chi connectivity index (χ3n) is 5.08. The molecule has 1 aliphatic carbocycles. The zero-order valence-electron chi connectivity index (χ0n) is 15.2. The van der Waals surface area contributed by atoms with Gasteiger partial charge in [-0.1, -0.05) is 6.92 Å². The maximum absolute atomic E-state index is 14.8. The van der Waals surface area contributed by atoms with Gasteiger partial charge in [0.25, 0.3) is 11.1 Å². The van der Waals surface area contributed by atoms with Gasteiger partial charge >= 0.3 is 5.69 Å². The van der Waals surface area contributed by atoms with Gasteiger partial charge in [0.15, 0.2) is 0 Å². The van der Waals surface area contributed by atoms with E-state index in [2.05, 4.69) is 0 Å². The predicted octanol–water partition coefficient (Wildman–Crippen LogP) is 2.20. The number of halogens is 2. The van der Waals surface area contributed by atoms with Crippen LogP contribution in [0.5, 0.6) is 5.75 Å². The van der Waals surface area contributed by atoms with E-state index < -0.39 is 28.4 Å². The Morgan fingerprint density at radius 2 is 1.89 bits per heavy atom. The number of hydrogen-bond donors (Lipinski definition) is 1. The fraction of sp³-hybridized carbons (Fsp3) is 0.316. The van der Waals surface area contributed by atoms with E-state index in [1.807, 2.05) is 22.6 Å². The lowest BCUT2D eigenvalue weighted by Gasteiger charge is -2.18. The Morgan fingerprint density at radius 3 is 2.46 bits per heavy atom. The summed E-state index contributed by atoms with van der Waals surface area (Å²) in [6, 6.07) is 4.03. The first-order valence-corrected chi connectivity index (χ1v) is 9.93. The molecule has 2 heterocycles. The van der Waals surface area contributed by atoms with E-state index in [-0.39, 0.29) is 34.7 Å². The van der Waals surface area contributed by atoms with Crippen molar-refractivity contribution in [2.24, 2.45) is 7.05 Å². The van der Waals surface area contributed by atoms with E-state index >= 15 is 0 Å². The molecule has 1 saturated carbocycles. The SMILES string of the molecule is CCc1c(O)c2c(=O)n(C3CC3)c(=O)n(-c3ccc(I)cc3F)c2n(C)c1=O. The minimum atomic E-state index is -0.723. The average molecular weight is 497 g/mol. The topological polar surface area (TPSA) is 86.2 Å². The highest BCUT2D eigenvalue weighted by molar-refractivity contribution is 14.1. The summed E-state index contributed by atoms with van der Waals surface area (Å²) < 4.78 is 18.6. The van der Waals surface area contributed by atoms with Crippen molar-refractivity contribution in [3.05, 3.63) is 64.3 Å². The number of aromatic nitrogens is 3. The van der Waals surface area contributed by atoms with Crippen LogP contribution in [0.15, 0.2) is 32.6 Å². The zero-order valence-corrected chi connectivity index (χ0v) is 17.4. The second kappa shape index (κ2) is 6.57. The Balaban J connectivity index is 2.32. The second-order valence-corrected chi connectivity index (χ2v) is 8.11. The van der Waals surface area contributed by atoms with Crippen LogP contribution in [-0.2, 0) is 13.5 Å². The Labute approximate surface area is 171 Å². The lowest BCUT2D eigenvalue weighted by atomic mass is 10.1. The quantitative estimate of drug-likeness (QED) is 0.563. The van der Waals surface area contributed by atoms with E-state index in [9.17, 15) is 23.9 Å². The van der Waals surface area contributed by atoms with Crippen molar-refractivity contribution in [3.8, 4) is 11.4 Å². The van der Waals surface area contributed by atoms with E-state index in [1.54, 1.807) is 13.0 Å². The third kappa shape index (κ3) is 2.63. The van der Waals surface area contributed by atoms with Crippen molar-refractivity contribution in [1.82, 2.24) is 13.7 Å². The summed E-state index contributed by atoms with van der Waals surface area (Å²) in [6.07, 6.45) is 1.53. The molecule has 0 unspecified atom stereocenters. The first kappa shape index (κ1) is 18.9. The molecule has 7 nitrogen and oxygen atoms in total. The Hall–Kier alpha value is -2.43. The third-order valence-corrected chi connectivity index (χ3v) is 5.76. The molecule has 9 heteroatoms. The summed E-state index contributed by atoms with van der Waals surface area (Å²) in [5.41, 5.74) is -2.03. The number of nitrogens with zero attached hydrogens (tertiary/aromatic N) is 3. The van der Waals surface area contributed by atoms with Gasteiger partial charge in [0.1, 0.15) is 22.6 Å². The lowest BCUT2D eigenvalue weighted by molar-refractivity contribution is 0.469. The van der Waals surface area contributed by atoms with E-state index in [1.165, 1.54) is 19.2 Å². The van der Waals surface area contributed by atoms with Gasteiger partial charge in [0, 0.05) is 16.7 Å². The molecule has 0 amide bonds. The van der Waals surface area contributed by atoms with Crippen LogP contribution in [-0.4, -0.2) is 18.8 Å². The number of hydrogen-bond acceptors (Lipinski definition) is 4. The molecular formula is C19H17FIN3O4. The Kier molecular flexibility index (Phi) is 4.44. The average Bonchev–Trinajstić information content (AvgIpc) is 3.46. The molecule has 0 radical (unpaired) electrons. The van der Waals surface area contributed by atoms with E-state index in [4.69, 9.17) is 0 Å². The van der Waals surface area contributed by atoms with Crippen molar-refractivity contribution in [1.29, 1.82) is 0 Å². The van der Waals surface area contributed by atoms with Crippen molar-refractivity contribution in [3.63, 3.8) is 0 Å². The van der Waals surface area contributed by atoms with Gasteiger partial charge < -0.3 is 5.11 Å². The molecular weight excluding hydrogens is 480 g/mol. The fourth-order valence-corrected chi connectivity index (χ4v) is 4.00. The molecule has 1 aromatic carbocycles. The van der Waals surface area contributed by atoms with Crippen LogP contribution in [0, 0.1) is 9.39 Å². The van der Waals surface area contributed by atoms with Crippen molar-refractivity contribution in [2.75, 3.05) is 0 Å². The van der Waals surface area contributed by atoms with Gasteiger partial charge in [-0.05, 0) is 60.1 Å². The molecule has 1 fully saturated rings. The highest BCUT2D eigenvalue weighted by atomic mass is 127. The summed E-state index contributed by atoms with van der Waals surface area (Å²) >= 11 is 1.95. The molecule has 0 spiro atoms. The van der Waals surface area contributed by atoms with Crippen LogP contribution in [0.1, 0.15) is 31.4 Å². The highest BCUT2D eigenvalue weighted by Crippen LogP contribution is 2.34. The number of pyridine rings is 1. The summed E-state index contributed by atoms with van der Waals surface area (Å²) in [6.45, 7) is 1.69. The number of benzene rings is 1. The van der Waals surface area contributed by atoms with Crippen LogP contribution in [0.25, 0.3) is 16.7 Å². The molecule has 0 atom stereocenters. The number of aryl methyl sites for hydroxylation is 1. The predicted molar refractivity (Wildman–Crippen MR) is 111 cm³/mol. The lowest BCUT2D eigenvalue weighted by Crippen LogP contribution is -2.41. The Bertz CT molecular complexity index is 1320. The molecule has 4 rings (SSSR count). The summed E-state index contributed by atoms with van der Waals surface area (Å²) in [5.74, 6) is -1.11. The van der Waals surface area contributed by atoms with E-state index in [0.29, 0.717) is 16.4 Å². The van der Waals surface area contributed by atoms with Crippen LogP contribution >= 0.6 is 22.6 Å². The largest absolute Gasteiger partial charge is 0.506 e. The minimum absolute atomic E-state index is 0.0801. The molecule has 0 bridgehead atoms. The molecule has 0 saturated heterocycles. The Morgan fingerprint density at radius 1 is 1.21 bits per heavy atom. The van der Waals surface area contributed by atoms with Crippen LogP contribution in [0.4, 0.5) is 4.39 Å². The first-order valence-electron chi connectivity index (χ1n) is 8.85. The van der Waals surface area contributed by atoms with Crippen molar-refractivity contribution in [2.45, 2.75) is 32.2 Å². The van der Waals surface area contributed by atoms with Crippen LogP contribution in [0.2, 0.25) is 0 Å². The van der Waals surface area contributed by atoms with Gasteiger partial charge in [0.2, 0.25) is 0 Å². The smallest absolute Gasteiger partial charge is 0.337 e. The molecule has 2 aromatic heterocycles. The van der Waals surface area contributed by atoms with Crippen LogP contribution < -0.4 is 16.8 Å². The molecule has 1 N–H and O–H groups in total. The molecule has 0 aliphatic heterocycles. The molecule has 3 aromatic rings. The number of aromatic hydroxyl groups is 1. The van der Waals surface area contributed by atoms with E-state index in [0.717, 1.165) is 13.7 Å². The molecule has 1 aliphatic rings. The monoisotopic (exact) mass is 497 g/mol. The molecule has 28 heavy (non-hydrogen) atoms. The fourth-order valence-electron chi connectivity index (χ4n) is 3.54. The summed E-state index contributed by atoms with van der Waals surface area (Å²) in [7, 11) is 1.41. The normalized spacial score (nSPS) is 14.0. The van der Waals surface area contributed by atoms with Crippen molar-refractivity contribution < 1.29 is 9.50 Å². The standard InChI is InChI=1S/C19H17FIN3O4/c1-3-11-15(25)14-16(22(2)17(11)26)24(13-7-4-9(21)8-12(13)20)19(28)23(18(14)27)10-5-6-10/h4,7-8,10,25H,3,5-6H2,1-2H3. The van der Waals surface area contributed by atoms with Gasteiger partial charge in [-0.3, -0.25) is 18.7 Å². The van der Waals surface area contributed by atoms with Gasteiger partial charge in [-0.25, -0.2) is 13.8 Å². The van der Waals surface area contributed by atoms with Crippen molar-refractivity contribution >= 4 is 33.6 Å². The highest BCUT2D eigenvalue weighted by Gasteiger charge is 2.32. The van der Waals surface area contributed by atoms with Crippen LogP contribution in [0.3, 0.4) is 0 Å². The minimum Gasteiger partial charge on any atom is -0.506 e. The summed E-state index contributed by atoms with van der Waals surface area (Å²) in [5, 5.41) is 10.6. The summed E-state index contributed by atoms with van der Waals surface area (Å²) in [4.78, 5) is 39.0. The number of rotatable bonds is 3. The van der Waals surface area contributed by atoms with Gasteiger partial charge in [-0.15, -0.1) is 0 Å².